The van der Waals surface area contributed by atoms with Gasteiger partial charge in [0.25, 0.3) is 0 Å². The molecule has 0 aromatic heterocycles. The van der Waals surface area contributed by atoms with Crippen LogP contribution in [0, 0.1) is 4.91 Å². The van der Waals surface area contributed by atoms with Crippen molar-refractivity contribution in [3.63, 3.8) is 0 Å². The van der Waals surface area contributed by atoms with Crippen LogP contribution in [0.15, 0.2) is 0 Å². The van der Waals surface area contributed by atoms with Crippen LogP contribution in [0.2, 0.25) is 0 Å². The number of carbonyl (C=O) groups is 1. The molecule has 11 heavy (non-hydrogen) atoms. The average molecular weight is 184 g/mol. The van der Waals surface area contributed by atoms with E-state index in [2.05, 4.69) is 0 Å². The third-order valence-electron chi connectivity index (χ3n) is 1.79. The SMILES string of the molecule is O=C1CCCCC1[N+](=O)O.[KH]. The number of ketones is 1. The molecule has 1 atom stereocenters. The molecule has 5 heteroatoms. The first-order chi connectivity index (χ1) is 4.72. The first-order valence-electron chi connectivity index (χ1n) is 3.40. The molecular weight excluding hydrogens is 173 g/mol. The van der Waals surface area contributed by atoms with Gasteiger partial charge in [0.2, 0.25) is 10.7 Å². The molecule has 1 aliphatic carbocycles. The maximum absolute atomic E-state index is 10.8. The van der Waals surface area contributed by atoms with Gasteiger partial charge in [0.05, 0.1) is 4.91 Å². The van der Waals surface area contributed by atoms with Crippen molar-refractivity contribution in [1.82, 2.24) is 0 Å². The van der Waals surface area contributed by atoms with Gasteiger partial charge in [0.15, 0.2) is 0 Å². The van der Waals surface area contributed by atoms with Gasteiger partial charge in [0, 0.05) is 12.8 Å². The second-order valence-corrected chi connectivity index (χ2v) is 2.53. The standard InChI is InChI=1S/C6H10NO3.K.H/c8-6-4-2-1-3-5(6)7(9)10;;/h5H,1-4H2,(H,9,10);;/q+1;;. The van der Waals surface area contributed by atoms with Crippen LogP contribution in [0.1, 0.15) is 25.7 Å². The fraction of sp³-hybridized carbons (Fsp3) is 0.833. The Morgan fingerprint density at radius 3 is 2.45 bits per heavy atom. The van der Waals surface area contributed by atoms with Crippen LogP contribution in [0.5, 0.6) is 0 Å². The summed E-state index contributed by atoms with van der Waals surface area (Å²) < 4.78 is 0. The predicted molar refractivity (Wildman–Crippen MR) is 39.8 cm³/mol. The summed E-state index contributed by atoms with van der Waals surface area (Å²) in [7, 11) is 0. The zero-order valence-electron chi connectivity index (χ0n) is 5.62. The number of hydrogen-bond donors (Lipinski definition) is 1. The van der Waals surface area contributed by atoms with E-state index >= 15 is 0 Å². The van der Waals surface area contributed by atoms with Crippen molar-refractivity contribution in [2.75, 3.05) is 0 Å². The minimum absolute atomic E-state index is 0. The zero-order chi connectivity index (χ0) is 7.56. The molecule has 0 saturated heterocycles. The predicted octanol–water partition coefficient (Wildman–Crippen LogP) is 0.0177. The van der Waals surface area contributed by atoms with E-state index in [0.29, 0.717) is 12.8 Å². The summed E-state index contributed by atoms with van der Waals surface area (Å²) in [5, 5.41) is 8.40. The average Bonchev–Trinajstić information content (AvgIpc) is 1.88. The van der Waals surface area contributed by atoms with E-state index in [9.17, 15) is 9.70 Å². The first-order valence-corrected chi connectivity index (χ1v) is 3.40. The van der Waals surface area contributed by atoms with Gasteiger partial charge in [0.1, 0.15) is 0 Å². The van der Waals surface area contributed by atoms with Crippen molar-refractivity contribution >= 4 is 57.2 Å². The zero-order valence-corrected chi connectivity index (χ0v) is 5.62. The molecule has 1 fully saturated rings. The van der Waals surface area contributed by atoms with E-state index < -0.39 is 6.04 Å². The number of rotatable bonds is 1. The molecule has 0 aromatic rings. The summed E-state index contributed by atoms with van der Waals surface area (Å²) in [6.45, 7) is 0. The Bertz CT molecular complexity index is 171. The van der Waals surface area contributed by atoms with Crippen LogP contribution in [-0.2, 0) is 4.79 Å². The van der Waals surface area contributed by atoms with Crippen molar-refractivity contribution in [3.8, 4) is 0 Å². The van der Waals surface area contributed by atoms with Crippen LogP contribution in [0.25, 0.3) is 0 Å². The number of Topliss-reactive ketones (excluding diaryl/α,β-unsaturated/α-hetero) is 1. The molecule has 0 heterocycles. The van der Waals surface area contributed by atoms with Crippen LogP contribution in [0.4, 0.5) is 0 Å². The van der Waals surface area contributed by atoms with E-state index in [1.807, 2.05) is 0 Å². The maximum atomic E-state index is 10.8. The second kappa shape index (κ2) is 5.37. The molecule has 0 aliphatic heterocycles. The van der Waals surface area contributed by atoms with Crippen molar-refractivity contribution in [2.45, 2.75) is 31.7 Å². The summed E-state index contributed by atoms with van der Waals surface area (Å²) in [4.78, 5) is 20.9. The Kier molecular flexibility index (Phi) is 5.71. The van der Waals surface area contributed by atoms with Crippen LogP contribution < -0.4 is 0 Å². The Labute approximate surface area is 107 Å². The molecule has 0 bridgehead atoms. The molecule has 0 aromatic carbocycles. The van der Waals surface area contributed by atoms with Gasteiger partial charge in [-0.3, -0.25) is 4.79 Å². The molecule has 0 radical (unpaired) electrons. The fourth-order valence-corrected chi connectivity index (χ4v) is 1.20. The van der Waals surface area contributed by atoms with E-state index in [1.165, 1.54) is 0 Å². The number of hydrogen-bond acceptors (Lipinski definition) is 2. The summed E-state index contributed by atoms with van der Waals surface area (Å²) in [5.74, 6) is -0.135. The molecule has 1 saturated carbocycles. The van der Waals surface area contributed by atoms with Crippen LogP contribution in [-0.4, -0.2) is 73.3 Å². The molecule has 1 aliphatic rings. The van der Waals surface area contributed by atoms with E-state index in [4.69, 9.17) is 5.21 Å². The van der Waals surface area contributed by atoms with Gasteiger partial charge in [-0.15, -0.1) is 0 Å². The number of carbonyl (C=O) groups excluding carboxylic acids is 1. The third kappa shape index (κ3) is 3.29. The van der Waals surface area contributed by atoms with E-state index in [0.717, 1.165) is 12.8 Å². The topological polar surface area (TPSA) is 57.4 Å². The molecule has 1 rings (SSSR count). The van der Waals surface area contributed by atoms with Crippen molar-refractivity contribution < 1.29 is 14.9 Å². The van der Waals surface area contributed by atoms with Crippen molar-refractivity contribution in [1.29, 1.82) is 0 Å². The summed E-state index contributed by atoms with van der Waals surface area (Å²) >= 11 is 0. The third-order valence-corrected chi connectivity index (χ3v) is 1.79. The fourth-order valence-electron chi connectivity index (χ4n) is 1.20. The minimum atomic E-state index is -0.784. The summed E-state index contributed by atoms with van der Waals surface area (Å²) in [6.07, 6.45) is 2.64. The monoisotopic (exact) mass is 184 g/mol. The Morgan fingerprint density at radius 2 is 2.09 bits per heavy atom. The first kappa shape index (κ1) is 11.7. The van der Waals surface area contributed by atoms with Gasteiger partial charge in [-0.25, -0.2) is 5.21 Å². The molecule has 1 unspecified atom stereocenters. The molecule has 0 amide bonds. The molecule has 4 nitrogen and oxygen atoms in total. The van der Waals surface area contributed by atoms with Crippen molar-refractivity contribution in [2.24, 2.45) is 0 Å². The summed E-state index contributed by atoms with van der Waals surface area (Å²) in [6, 6.07) is -0.784. The molecule has 58 valence electrons. The molecule has 1 N–H and O–H groups in total. The molecular formula is C6H11KNO3+. The summed E-state index contributed by atoms with van der Waals surface area (Å²) in [5.41, 5.74) is 0. The van der Waals surface area contributed by atoms with Gasteiger partial charge in [-0.1, -0.05) is 0 Å². The normalized spacial score (nSPS) is 24.0. The Balaban J connectivity index is 0.000001000. The number of nitrogens with zero attached hydrogens (tertiary/aromatic N) is 1. The van der Waals surface area contributed by atoms with E-state index in [1.54, 1.807) is 0 Å². The van der Waals surface area contributed by atoms with Crippen LogP contribution in [0.3, 0.4) is 0 Å². The van der Waals surface area contributed by atoms with Crippen LogP contribution >= 0.6 is 0 Å². The second-order valence-electron chi connectivity index (χ2n) is 2.53. The van der Waals surface area contributed by atoms with Gasteiger partial charge in [-0.2, -0.15) is 0 Å². The Morgan fingerprint density at radius 1 is 1.45 bits per heavy atom. The van der Waals surface area contributed by atoms with Gasteiger partial charge < -0.3 is 0 Å². The van der Waals surface area contributed by atoms with Gasteiger partial charge >= 0.3 is 57.4 Å². The Hall–Kier alpha value is 0.706. The molecule has 0 spiro atoms. The van der Waals surface area contributed by atoms with E-state index in [-0.39, 0.29) is 62.1 Å². The van der Waals surface area contributed by atoms with Gasteiger partial charge in [-0.05, 0) is 12.8 Å². The quantitative estimate of drug-likeness (QED) is 0.461. The van der Waals surface area contributed by atoms with Crippen molar-refractivity contribution in [3.05, 3.63) is 4.91 Å².